The Morgan fingerprint density at radius 1 is 1.13 bits per heavy atom. The van der Waals surface area contributed by atoms with Gasteiger partial charge in [-0.2, -0.15) is 0 Å². The second-order valence-electron chi connectivity index (χ2n) is 9.32. The highest BCUT2D eigenvalue weighted by Gasteiger charge is 2.26. The number of nitrogen functional groups attached to an aromatic ring is 1. The van der Waals surface area contributed by atoms with Gasteiger partial charge in [-0.3, -0.25) is 5.41 Å². The average molecular weight is 528 g/mol. The maximum Gasteiger partial charge on any atom is 0.171 e. The Bertz CT molecular complexity index is 1570. The minimum Gasteiger partial charge on any atom is -0.494 e. The molecule has 0 saturated heterocycles. The number of hydrogen-bond donors (Lipinski definition) is 4. The number of ether oxygens (including phenoxy) is 2. The van der Waals surface area contributed by atoms with Crippen molar-refractivity contribution in [2.75, 3.05) is 11.9 Å². The number of para-hydroxylation sites is 1. The van der Waals surface area contributed by atoms with Gasteiger partial charge in [0.15, 0.2) is 17.3 Å². The molecule has 8 nitrogen and oxygen atoms in total. The Balaban J connectivity index is 1.60. The molecule has 0 saturated carbocycles. The fourth-order valence-corrected chi connectivity index (χ4v) is 4.32. The molecule has 0 bridgehead atoms. The second kappa shape index (κ2) is 10.9. The lowest BCUT2D eigenvalue weighted by Crippen LogP contribution is -2.18. The van der Waals surface area contributed by atoms with E-state index in [2.05, 4.69) is 15.3 Å². The molecule has 200 valence electrons. The summed E-state index contributed by atoms with van der Waals surface area (Å²) in [6, 6.07) is 19.1. The molecule has 5 N–H and O–H groups in total. The first-order chi connectivity index (χ1) is 18.8. The summed E-state index contributed by atoms with van der Waals surface area (Å²) in [6.07, 6.45) is 1.43. The van der Waals surface area contributed by atoms with Gasteiger partial charge in [0.05, 0.1) is 18.9 Å². The zero-order chi connectivity index (χ0) is 27.5. The molecule has 9 heteroatoms. The van der Waals surface area contributed by atoms with Gasteiger partial charge in [-0.25, -0.2) is 9.37 Å². The smallest absolute Gasteiger partial charge is 0.171 e. The van der Waals surface area contributed by atoms with Gasteiger partial charge in [0, 0.05) is 28.3 Å². The number of fused-ring (bicyclic) bond motifs is 1. The van der Waals surface area contributed by atoms with Crippen molar-refractivity contribution in [2.24, 2.45) is 5.73 Å². The van der Waals surface area contributed by atoms with E-state index >= 15 is 4.39 Å². The number of aromatic amines is 1. The van der Waals surface area contributed by atoms with Crippen LogP contribution < -0.4 is 20.5 Å². The van der Waals surface area contributed by atoms with Crippen LogP contribution in [0.1, 0.15) is 43.8 Å². The monoisotopic (exact) mass is 527 g/mol. The minimum atomic E-state index is -0.749. The summed E-state index contributed by atoms with van der Waals surface area (Å²) < 4.78 is 33.6. The third-order valence-electron chi connectivity index (χ3n) is 6.09. The van der Waals surface area contributed by atoms with E-state index in [9.17, 15) is 0 Å². The molecule has 0 aliphatic carbocycles. The molecule has 39 heavy (non-hydrogen) atoms. The van der Waals surface area contributed by atoms with Crippen LogP contribution >= 0.6 is 0 Å². The SMILES string of the molecule is CCOc1cc(OC(C)C)c(F)c(C(Nc2ccc(C(=N)N)cc2)c2ncc(-c3cc4ccccc4o3)[nH]2)c1. The molecule has 0 aliphatic rings. The lowest BCUT2D eigenvalue weighted by molar-refractivity contribution is 0.228. The molecule has 1 unspecified atom stereocenters. The molecule has 0 spiro atoms. The maximum atomic E-state index is 16.0. The number of nitrogens with two attached hydrogens (primary N) is 1. The van der Waals surface area contributed by atoms with Crippen molar-refractivity contribution >= 4 is 22.5 Å². The van der Waals surface area contributed by atoms with Gasteiger partial charge in [-0.15, -0.1) is 0 Å². The number of nitrogens with zero attached hydrogens (tertiary/aromatic N) is 1. The van der Waals surface area contributed by atoms with Crippen LogP contribution in [0.3, 0.4) is 0 Å². The van der Waals surface area contributed by atoms with E-state index in [0.29, 0.717) is 40.9 Å². The lowest BCUT2D eigenvalue weighted by atomic mass is 10.0. The molecule has 5 rings (SSSR count). The van der Waals surface area contributed by atoms with Crippen LogP contribution in [0.15, 0.2) is 77.3 Å². The second-order valence-corrected chi connectivity index (χ2v) is 9.32. The number of anilines is 1. The van der Waals surface area contributed by atoms with Crippen LogP contribution in [-0.4, -0.2) is 28.5 Å². The van der Waals surface area contributed by atoms with E-state index in [0.717, 1.165) is 11.0 Å². The van der Waals surface area contributed by atoms with E-state index in [1.54, 1.807) is 42.6 Å². The highest BCUT2D eigenvalue weighted by atomic mass is 19.1. The summed E-state index contributed by atoms with van der Waals surface area (Å²) in [5.41, 5.74) is 8.58. The van der Waals surface area contributed by atoms with Crippen molar-refractivity contribution in [3.05, 3.63) is 95.7 Å². The number of nitrogens with one attached hydrogen (secondary N) is 3. The Hall–Kier alpha value is -4.79. The molecular formula is C30H30FN5O3. The van der Waals surface area contributed by atoms with Crippen LogP contribution in [0.25, 0.3) is 22.4 Å². The number of H-pyrrole nitrogens is 1. The van der Waals surface area contributed by atoms with E-state index in [1.807, 2.05) is 51.1 Å². The zero-order valence-electron chi connectivity index (χ0n) is 21.9. The van der Waals surface area contributed by atoms with E-state index in [4.69, 9.17) is 25.0 Å². The zero-order valence-corrected chi connectivity index (χ0v) is 21.9. The van der Waals surface area contributed by atoms with Crippen molar-refractivity contribution < 1.29 is 18.3 Å². The predicted molar refractivity (Wildman–Crippen MR) is 150 cm³/mol. The van der Waals surface area contributed by atoms with E-state index in [-0.39, 0.29) is 23.3 Å². The van der Waals surface area contributed by atoms with Gasteiger partial charge >= 0.3 is 0 Å². The summed E-state index contributed by atoms with van der Waals surface area (Å²) in [5.74, 6) is 1.09. The molecule has 0 fully saturated rings. The Kier molecular flexibility index (Phi) is 7.23. The van der Waals surface area contributed by atoms with E-state index in [1.165, 1.54) is 0 Å². The Morgan fingerprint density at radius 2 is 1.90 bits per heavy atom. The van der Waals surface area contributed by atoms with Crippen LogP contribution in [0.4, 0.5) is 10.1 Å². The van der Waals surface area contributed by atoms with Crippen LogP contribution in [-0.2, 0) is 0 Å². The summed E-state index contributed by atoms with van der Waals surface area (Å²) in [6.45, 7) is 5.95. The fourth-order valence-electron chi connectivity index (χ4n) is 4.32. The van der Waals surface area contributed by atoms with Gasteiger partial charge in [0.25, 0.3) is 0 Å². The van der Waals surface area contributed by atoms with Gasteiger partial charge in [-0.05, 0) is 63.2 Å². The number of furan rings is 1. The minimum absolute atomic E-state index is 0.0365. The molecule has 3 aromatic carbocycles. The summed E-state index contributed by atoms with van der Waals surface area (Å²) in [7, 11) is 0. The van der Waals surface area contributed by atoms with Crippen molar-refractivity contribution in [3.8, 4) is 23.0 Å². The predicted octanol–water partition coefficient (Wildman–Crippen LogP) is 6.63. The summed E-state index contributed by atoms with van der Waals surface area (Å²) in [5, 5.41) is 12.0. The number of rotatable bonds is 10. The van der Waals surface area contributed by atoms with Crippen molar-refractivity contribution in [1.82, 2.24) is 9.97 Å². The highest BCUT2D eigenvalue weighted by molar-refractivity contribution is 5.95. The quantitative estimate of drug-likeness (QED) is 0.119. The fraction of sp³-hybridized carbons (Fsp3) is 0.200. The molecule has 5 aromatic rings. The number of benzene rings is 3. The standard InChI is InChI=1S/C30H30FN5O3/c1-4-37-21-14-22(27(31)26(15-21)38-17(2)3)28(35-20-11-9-18(10-12-20)29(32)33)30-34-16-23(36-30)25-13-19-7-5-6-8-24(19)39-25/h5-17,28,35H,4H2,1-3H3,(H3,32,33)(H,34,36). The normalized spacial score (nSPS) is 12.0. The van der Waals surface area contributed by atoms with Crippen LogP contribution in [0.5, 0.6) is 11.5 Å². The first-order valence-electron chi connectivity index (χ1n) is 12.7. The van der Waals surface area contributed by atoms with Gasteiger partial charge in [0.2, 0.25) is 0 Å². The highest BCUT2D eigenvalue weighted by Crippen LogP contribution is 2.36. The number of halogens is 1. The third-order valence-corrected chi connectivity index (χ3v) is 6.09. The van der Waals surface area contributed by atoms with Gasteiger partial charge < -0.3 is 29.9 Å². The third kappa shape index (κ3) is 5.57. The molecule has 0 aliphatic heterocycles. The first-order valence-corrected chi connectivity index (χ1v) is 12.7. The largest absolute Gasteiger partial charge is 0.494 e. The topological polar surface area (TPSA) is 122 Å². The molecule has 0 radical (unpaired) electrons. The van der Waals surface area contributed by atoms with Gasteiger partial charge in [0.1, 0.15) is 34.7 Å². The Labute approximate surface area is 225 Å². The summed E-state index contributed by atoms with van der Waals surface area (Å²) in [4.78, 5) is 7.92. The lowest BCUT2D eigenvalue weighted by Gasteiger charge is -2.22. The molecule has 1 atom stereocenters. The number of imidazole rings is 1. The van der Waals surface area contributed by atoms with Crippen LogP contribution in [0.2, 0.25) is 0 Å². The molecular weight excluding hydrogens is 497 g/mol. The number of aromatic nitrogens is 2. The van der Waals surface area contributed by atoms with Crippen LogP contribution in [0, 0.1) is 11.2 Å². The van der Waals surface area contributed by atoms with E-state index < -0.39 is 11.9 Å². The van der Waals surface area contributed by atoms with Crippen molar-refractivity contribution in [1.29, 1.82) is 5.41 Å². The average Bonchev–Trinajstić information content (AvgIpc) is 3.57. The molecule has 0 amide bonds. The Morgan fingerprint density at radius 3 is 2.59 bits per heavy atom. The first kappa shape index (κ1) is 25.8. The van der Waals surface area contributed by atoms with Crippen molar-refractivity contribution in [3.63, 3.8) is 0 Å². The number of amidine groups is 1. The number of hydrogen-bond acceptors (Lipinski definition) is 6. The maximum absolute atomic E-state index is 16.0. The van der Waals surface area contributed by atoms with Crippen molar-refractivity contribution in [2.45, 2.75) is 32.9 Å². The molecule has 2 heterocycles. The molecule has 2 aromatic heterocycles. The summed E-state index contributed by atoms with van der Waals surface area (Å²) >= 11 is 0. The van der Waals surface area contributed by atoms with Gasteiger partial charge in [-0.1, -0.05) is 18.2 Å².